The number of ether oxygens (including phenoxy) is 2. The predicted molar refractivity (Wildman–Crippen MR) is 81.3 cm³/mol. The van der Waals surface area contributed by atoms with E-state index in [4.69, 9.17) is 9.47 Å². The van der Waals surface area contributed by atoms with Crippen LogP contribution in [0.3, 0.4) is 0 Å². The Morgan fingerprint density at radius 3 is 2.54 bits per heavy atom. The number of hydrogen-bond acceptors (Lipinski definition) is 3. The van der Waals surface area contributed by atoms with Crippen LogP contribution in [0.15, 0.2) is 24.3 Å². The molecule has 2 rings (SSSR count). The molecule has 5 nitrogen and oxygen atoms in total. The highest BCUT2D eigenvalue weighted by atomic mass is 19.4. The molecule has 24 heavy (non-hydrogen) atoms. The minimum Gasteiger partial charge on any atom is -0.348 e. The Bertz CT molecular complexity index is 572. The van der Waals surface area contributed by atoms with Crippen LogP contribution in [0.2, 0.25) is 0 Å². The molecule has 134 valence electrons. The van der Waals surface area contributed by atoms with Crippen molar-refractivity contribution in [3.05, 3.63) is 35.4 Å². The Kier molecular flexibility index (Phi) is 5.71. The fourth-order valence-electron chi connectivity index (χ4n) is 2.56. The van der Waals surface area contributed by atoms with Crippen LogP contribution in [0.1, 0.15) is 37.4 Å². The third kappa shape index (κ3) is 4.85. The summed E-state index contributed by atoms with van der Waals surface area (Å²) in [5.41, 5.74) is -0.729. The molecule has 1 aromatic rings. The molecule has 0 aliphatic carbocycles. The molecule has 0 bridgehead atoms. The highest BCUT2D eigenvalue weighted by Gasteiger charge is 2.34. The molecule has 1 saturated heterocycles. The molecule has 1 aromatic carbocycles. The van der Waals surface area contributed by atoms with Crippen molar-refractivity contribution in [2.24, 2.45) is 0 Å². The molecule has 0 aromatic heterocycles. The molecule has 1 fully saturated rings. The van der Waals surface area contributed by atoms with Crippen LogP contribution in [-0.2, 0) is 15.7 Å². The third-order valence-electron chi connectivity index (χ3n) is 3.84. The monoisotopic (exact) mass is 346 g/mol. The smallest absolute Gasteiger partial charge is 0.348 e. The van der Waals surface area contributed by atoms with Gasteiger partial charge in [-0.05, 0) is 25.5 Å². The van der Waals surface area contributed by atoms with E-state index in [0.29, 0.717) is 19.6 Å². The van der Waals surface area contributed by atoms with Gasteiger partial charge in [0.15, 0.2) is 5.79 Å². The minimum atomic E-state index is -4.46. The number of rotatable bonds is 5. The van der Waals surface area contributed by atoms with E-state index in [1.54, 1.807) is 6.92 Å². The predicted octanol–water partition coefficient (Wildman–Crippen LogP) is 3.22. The van der Waals surface area contributed by atoms with Crippen LogP contribution in [0.25, 0.3) is 0 Å². The minimum absolute atomic E-state index is 0.0228. The molecular formula is C16H21F3N2O3. The van der Waals surface area contributed by atoms with Crippen molar-refractivity contribution in [1.82, 2.24) is 10.6 Å². The van der Waals surface area contributed by atoms with Crippen LogP contribution in [-0.4, -0.2) is 31.6 Å². The van der Waals surface area contributed by atoms with Crippen LogP contribution < -0.4 is 10.6 Å². The van der Waals surface area contributed by atoms with Gasteiger partial charge in [0, 0.05) is 13.0 Å². The second-order valence-corrected chi connectivity index (χ2v) is 5.79. The number of hydrogen-bond donors (Lipinski definition) is 2. The van der Waals surface area contributed by atoms with Crippen molar-refractivity contribution >= 4 is 6.03 Å². The molecule has 8 heteroatoms. The summed E-state index contributed by atoms with van der Waals surface area (Å²) in [7, 11) is 0. The van der Waals surface area contributed by atoms with Crippen LogP contribution in [0.5, 0.6) is 0 Å². The van der Waals surface area contributed by atoms with Gasteiger partial charge in [-0.2, -0.15) is 13.2 Å². The molecule has 0 unspecified atom stereocenters. The first kappa shape index (κ1) is 18.5. The van der Waals surface area contributed by atoms with Crippen molar-refractivity contribution in [2.75, 3.05) is 19.8 Å². The summed E-state index contributed by atoms with van der Waals surface area (Å²) in [5.74, 6) is -0.720. The van der Waals surface area contributed by atoms with Gasteiger partial charge in [-0.3, -0.25) is 0 Å². The average Bonchev–Trinajstić information content (AvgIpc) is 2.93. The van der Waals surface area contributed by atoms with Crippen molar-refractivity contribution in [3.63, 3.8) is 0 Å². The SMILES string of the molecule is C[C@H](NC(=O)NCCC1(C)OCCO1)c1ccccc1C(F)(F)F. The maximum atomic E-state index is 13.0. The number of alkyl halides is 3. The number of carbonyl (C=O) groups excluding carboxylic acids is 1. The van der Waals surface area contributed by atoms with Crippen LogP contribution in [0.4, 0.5) is 18.0 Å². The van der Waals surface area contributed by atoms with E-state index < -0.39 is 29.6 Å². The summed E-state index contributed by atoms with van der Waals surface area (Å²) >= 11 is 0. The van der Waals surface area contributed by atoms with Gasteiger partial charge in [-0.25, -0.2) is 4.79 Å². The Balaban J connectivity index is 1.88. The zero-order valence-electron chi connectivity index (χ0n) is 13.6. The summed E-state index contributed by atoms with van der Waals surface area (Å²) in [4.78, 5) is 11.9. The molecular weight excluding hydrogens is 325 g/mol. The van der Waals surface area contributed by atoms with E-state index in [1.807, 2.05) is 0 Å². The summed E-state index contributed by atoms with van der Waals surface area (Å²) in [6.45, 7) is 4.59. The average molecular weight is 346 g/mol. The lowest BCUT2D eigenvalue weighted by Gasteiger charge is -2.23. The zero-order valence-corrected chi connectivity index (χ0v) is 13.6. The van der Waals surface area contributed by atoms with Crippen molar-refractivity contribution < 1.29 is 27.4 Å². The highest BCUT2D eigenvalue weighted by Crippen LogP contribution is 2.34. The molecule has 1 atom stereocenters. The number of amides is 2. The third-order valence-corrected chi connectivity index (χ3v) is 3.84. The molecule has 1 aliphatic rings. The lowest BCUT2D eigenvalue weighted by molar-refractivity contribution is -0.145. The largest absolute Gasteiger partial charge is 0.416 e. The van der Waals surface area contributed by atoms with Crippen LogP contribution in [0, 0.1) is 0 Å². The van der Waals surface area contributed by atoms with E-state index >= 15 is 0 Å². The van der Waals surface area contributed by atoms with Gasteiger partial charge >= 0.3 is 12.2 Å². The standard InChI is InChI=1S/C16H21F3N2O3/c1-11(12-5-3-4-6-13(12)16(17,18)19)21-14(22)20-8-7-15(2)23-9-10-24-15/h3-6,11H,7-10H2,1-2H3,(H2,20,21,22)/t11-/m0/s1. The normalized spacial score (nSPS) is 18.2. The van der Waals surface area contributed by atoms with E-state index in [-0.39, 0.29) is 12.1 Å². The van der Waals surface area contributed by atoms with Crippen molar-refractivity contribution in [2.45, 2.75) is 38.3 Å². The van der Waals surface area contributed by atoms with Gasteiger partial charge < -0.3 is 20.1 Å². The van der Waals surface area contributed by atoms with E-state index in [1.165, 1.54) is 25.1 Å². The topological polar surface area (TPSA) is 59.6 Å². The summed E-state index contributed by atoms with van der Waals surface area (Å²) in [6.07, 6.45) is -4.01. The summed E-state index contributed by atoms with van der Waals surface area (Å²) in [6, 6.07) is 3.87. The Labute approximate surface area is 138 Å². The number of nitrogens with one attached hydrogen (secondary N) is 2. The second kappa shape index (κ2) is 7.40. The summed E-state index contributed by atoms with van der Waals surface area (Å²) < 4.78 is 49.8. The first-order chi connectivity index (χ1) is 11.2. The fourth-order valence-corrected chi connectivity index (χ4v) is 2.56. The number of benzene rings is 1. The molecule has 0 radical (unpaired) electrons. The molecule has 1 aliphatic heterocycles. The number of halogens is 3. The van der Waals surface area contributed by atoms with Gasteiger partial charge in [0.2, 0.25) is 0 Å². The number of urea groups is 1. The Morgan fingerprint density at radius 2 is 1.92 bits per heavy atom. The second-order valence-electron chi connectivity index (χ2n) is 5.79. The van der Waals surface area contributed by atoms with Gasteiger partial charge in [-0.15, -0.1) is 0 Å². The Hall–Kier alpha value is -1.80. The highest BCUT2D eigenvalue weighted by molar-refractivity contribution is 5.74. The van der Waals surface area contributed by atoms with Gasteiger partial charge in [0.05, 0.1) is 24.8 Å². The molecule has 2 amide bonds. The van der Waals surface area contributed by atoms with Gasteiger partial charge in [0.25, 0.3) is 0 Å². The van der Waals surface area contributed by atoms with Gasteiger partial charge in [0.1, 0.15) is 0 Å². The Morgan fingerprint density at radius 1 is 1.29 bits per heavy atom. The first-order valence-corrected chi connectivity index (χ1v) is 7.70. The zero-order chi connectivity index (χ0) is 17.8. The fraction of sp³-hybridized carbons (Fsp3) is 0.562. The van der Waals surface area contributed by atoms with E-state index in [2.05, 4.69) is 10.6 Å². The first-order valence-electron chi connectivity index (χ1n) is 7.70. The van der Waals surface area contributed by atoms with Gasteiger partial charge in [-0.1, -0.05) is 18.2 Å². The molecule has 1 heterocycles. The number of carbonyl (C=O) groups is 1. The van der Waals surface area contributed by atoms with E-state index in [9.17, 15) is 18.0 Å². The van der Waals surface area contributed by atoms with Crippen LogP contribution >= 0.6 is 0 Å². The molecule has 0 spiro atoms. The molecule has 0 saturated carbocycles. The maximum absolute atomic E-state index is 13.0. The van der Waals surface area contributed by atoms with E-state index in [0.717, 1.165) is 6.07 Å². The maximum Gasteiger partial charge on any atom is 0.416 e. The van der Waals surface area contributed by atoms with Crippen molar-refractivity contribution in [3.8, 4) is 0 Å². The lowest BCUT2D eigenvalue weighted by atomic mass is 10.0. The molecule has 2 N–H and O–H groups in total. The lowest BCUT2D eigenvalue weighted by Crippen LogP contribution is -2.40. The van der Waals surface area contributed by atoms with Crippen molar-refractivity contribution in [1.29, 1.82) is 0 Å². The summed E-state index contributed by atoms with van der Waals surface area (Å²) in [5, 5.41) is 5.12. The quantitative estimate of drug-likeness (QED) is 0.861.